The van der Waals surface area contributed by atoms with Crippen LogP contribution in [0.25, 0.3) is 0 Å². The van der Waals surface area contributed by atoms with Crippen molar-refractivity contribution in [1.82, 2.24) is 0 Å². The summed E-state index contributed by atoms with van der Waals surface area (Å²) in [6.07, 6.45) is 6.81. The Kier molecular flexibility index (Phi) is 5.19. The third-order valence-corrected chi connectivity index (χ3v) is 3.37. The monoisotopic (exact) mass is 191 g/mol. The summed E-state index contributed by atoms with van der Waals surface area (Å²) in [5.41, 5.74) is 6.32. The number of nitrogens with two attached hydrogens (primary N) is 1. The van der Waals surface area contributed by atoms with Crippen LogP contribution in [0.4, 0.5) is 0 Å². The first kappa shape index (κ1) is 12.2. The molecule has 0 aliphatic heterocycles. The van der Waals surface area contributed by atoms with Crippen molar-refractivity contribution in [2.24, 2.45) is 17.1 Å². The summed E-state index contributed by atoms with van der Waals surface area (Å²) in [6.45, 7) is 5.54. The third-order valence-electron chi connectivity index (χ3n) is 3.37. The van der Waals surface area contributed by atoms with Gasteiger partial charge in [-0.1, -0.05) is 26.7 Å². The van der Waals surface area contributed by atoms with Gasteiger partial charge in [0.25, 0.3) is 0 Å². The van der Waals surface area contributed by atoms with Crippen molar-refractivity contribution >= 4 is 12.4 Å². The number of hydrogen-bond acceptors (Lipinski definition) is 1. The van der Waals surface area contributed by atoms with Gasteiger partial charge >= 0.3 is 0 Å². The summed E-state index contributed by atoms with van der Waals surface area (Å²) in [6, 6.07) is 0. The van der Waals surface area contributed by atoms with E-state index in [-0.39, 0.29) is 12.4 Å². The molecule has 1 aliphatic rings. The van der Waals surface area contributed by atoms with Gasteiger partial charge < -0.3 is 5.73 Å². The molecule has 1 aliphatic carbocycles. The van der Waals surface area contributed by atoms with E-state index < -0.39 is 0 Å². The zero-order valence-corrected chi connectivity index (χ0v) is 9.12. The molecule has 0 aromatic heterocycles. The van der Waals surface area contributed by atoms with Crippen molar-refractivity contribution in [3.05, 3.63) is 0 Å². The fourth-order valence-corrected chi connectivity index (χ4v) is 2.42. The average Bonchev–Trinajstić information content (AvgIpc) is 2.04. The van der Waals surface area contributed by atoms with Gasteiger partial charge in [-0.05, 0) is 37.1 Å². The Labute approximate surface area is 82.5 Å². The van der Waals surface area contributed by atoms with Crippen LogP contribution in [-0.4, -0.2) is 6.54 Å². The standard InChI is InChI=1S/C10H21N.ClH/c1-3-10(8-11)6-4-5-9(2)7-10;/h9H,3-8,11H2,1-2H3;1H. The van der Waals surface area contributed by atoms with Gasteiger partial charge in [-0.25, -0.2) is 0 Å². The molecule has 0 heterocycles. The summed E-state index contributed by atoms with van der Waals surface area (Å²) in [4.78, 5) is 0. The van der Waals surface area contributed by atoms with Crippen molar-refractivity contribution in [2.75, 3.05) is 6.54 Å². The number of hydrogen-bond donors (Lipinski definition) is 1. The number of halogens is 1. The minimum absolute atomic E-state index is 0. The molecule has 0 aromatic carbocycles. The molecule has 2 unspecified atom stereocenters. The maximum Gasteiger partial charge on any atom is -0.00205 e. The maximum absolute atomic E-state index is 5.81. The smallest absolute Gasteiger partial charge is 0.00205 e. The van der Waals surface area contributed by atoms with E-state index in [1.165, 1.54) is 32.1 Å². The van der Waals surface area contributed by atoms with Crippen molar-refractivity contribution in [2.45, 2.75) is 46.0 Å². The first-order chi connectivity index (χ1) is 5.22. The highest BCUT2D eigenvalue weighted by Gasteiger charge is 2.31. The van der Waals surface area contributed by atoms with Gasteiger partial charge in [-0.15, -0.1) is 12.4 Å². The fourth-order valence-electron chi connectivity index (χ4n) is 2.42. The normalized spacial score (nSPS) is 35.8. The molecular weight excluding hydrogens is 170 g/mol. The van der Waals surface area contributed by atoms with Gasteiger partial charge in [0.1, 0.15) is 0 Å². The first-order valence-corrected chi connectivity index (χ1v) is 4.92. The molecule has 0 bridgehead atoms. The molecule has 2 N–H and O–H groups in total. The van der Waals surface area contributed by atoms with E-state index in [1.54, 1.807) is 0 Å². The van der Waals surface area contributed by atoms with Crippen LogP contribution in [0, 0.1) is 11.3 Å². The van der Waals surface area contributed by atoms with E-state index in [0.717, 1.165) is 12.5 Å². The molecular formula is C10H22ClN. The van der Waals surface area contributed by atoms with Crippen LogP contribution in [0.5, 0.6) is 0 Å². The SMILES string of the molecule is CCC1(CN)CCCC(C)C1.Cl. The summed E-state index contributed by atoms with van der Waals surface area (Å²) in [5.74, 6) is 0.909. The lowest BCUT2D eigenvalue weighted by Crippen LogP contribution is -2.34. The lowest BCUT2D eigenvalue weighted by atomic mass is 9.69. The molecule has 0 aromatic rings. The zero-order chi connectivity index (χ0) is 8.32. The largest absolute Gasteiger partial charge is 0.330 e. The van der Waals surface area contributed by atoms with Crippen molar-refractivity contribution in [3.63, 3.8) is 0 Å². The molecule has 0 spiro atoms. The quantitative estimate of drug-likeness (QED) is 0.714. The predicted molar refractivity (Wildman–Crippen MR) is 56.7 cm³/mol. The Bertz CT molecular complexity index is 121. The van der Waals surface area contributed by atoms with Crippen molar-refractivity contribution in [3.8, 4) is 0 Å². The molecule has 1 saturated carbocycles. The zero-order valence-electron chi connectivity index (χ0n) is 8.31. The van der Waals surface area contributed by atoms with Crippen LogP contribution in [0.1, 0.15) is 46.0 Å². The first-order valence-electron chi connectivity index (χ1n) is 4.92. The highest BCUT2D eigenvalue weighted by atomic mass is 35.5. The molecule has 1 fully saturated rings. The fraction of sp³-hybridized carbons (Fsp3) is 1.00. The molecule has 0 amide bonds. The van der Waals surface area contributed by atoms with E-state index in [2.05, 4.69) is 13.8 Å². The average molecular weight is 192 g/mol. The molecule has 74 valence electrons. The van der Waals surface area contributed by atoms with Crippen molar-refractivity contribution < 1.29 is 0 Å². The minimum atomic E-state index is 0. The Hall–Kier alpha value is 0.250. The summed E-state index contributed by atoms with van der Waals surface area (Å²) in [7, 11) is 0. The molecule has 1 nitrogen and oxygen atoms in total. The highest BCUT2D eigenvalue weighted by molar-refractivity contribution is 5.85. The lowest BCUT2D eigenvalue weighted by molar-refractivity contribution is 0.148. The van der Waals surface area contributed by atoms with Gasteiger partial charge in [0.2, 0.25) is 0 Å². The van der Waals surface area contributed by atoms with Crippen LogP contribution in [0.2, 0.25) is 0 Å². The Morgan fingerprint density at radius 2 is 2.17 bits per heavy atom. The summed E-state index contributed by atoms with van der Waals surface area (Å²) < 4.78 is 0. The van der Waals surface area contributed by atoms with E-state index in [1.807, 2.05) is 0 Å². The second-order valence-corrected chi connectivity index (χ2v) is 4.26. The van der Waals surface area contributed by atoms with Crippen LogP contribution in [0.15, 0.2) is 0 Å². The minimum Gasteiger partial charge on any atom is -0.330 e. The van der Waals surface area contributed by atoms with Gasteiger partial charge in [0.15, 0.2) is 0 Å². The van der Waals surface area contributed by atoms with Crippen LogP contribution < -0.4 is 5.73 Å². The molecule has 0 saturated heterocycles. The van der Waals surface area contributed by atoms with E-state index in [9.17, 15) is 0 Å². The van der Waals surface area contributed by atoms with Gasteiger partial charge in [0, 0.05) is 0 Å². The second-order valence-electron chi connectivity index (χ2n) is 4.26. The van der Waals surface area contributed by atoms with E-state index >= 15 is 0 Å². The van der Waals surface area contributed by atoms with Crippen LogP contribution >= 0.6 is 12.4 Å². The van der Waals surface area contributed by atoms with Gasteiger partial charge in [-0.3, -0.25) is 0 Å². The van der Waals surface area contributed by atoms with Gasteiger partial charge in [-0.2, -0.15) is 0 Å². The van der Waals surface area contributed by atoms with Crippen molar-refractivity contribution in [1.29, 1.82) is 0 Å². The molecule has 12 heavy (non-hydrogen) atoms. The molecule has 2 heteroatoms. The lowest BCUT2D eigenvalue weighted by Gasteiger charge is -2.38. The number of rotatable bonds is 2. The summed E-state index contributed by atoms with van der Waals surface area (Å²) >= 11 is 0. The maximum atomic E-state index is 5.81. The highest BCUT2D eigenvalue weighted by Crippen LogP contribution is 2.40. The Balaban J connectivity index is 0.00000121. The summed E-state index contributed by atoms with van der Waals surface area (Å²) in [5, 5.41) is 0. The second kappa shape index (κ2) is 5.08. The Morgan fingerprint density at radius 3 is 2.50 bits per heavy atom. The molecule has 1 rings (SSSR count). The molecule has 0 radical (unpaired) electrons. The van der Waals surface area contributed by atoms with E-state index in [0.29, 0.717) is 5.41 Å². The topological polar surface area (TPSA) is 26.0 Å². The van der Waals surface area contributed by atoms with Gasteiger partial charge in [0.05, 0.1) is 0 Å². The van der Waals surface area contributed by atoms with Crippen LogP contribution in [0.3, 0.4) is 0 Å². The Morgan fingerprint density at radius 1 is 1.50 bits per heavy atom. The predicted octanol–water partition coefficient (Wildman–Crippen LogP) is 2.97. The van der Waals surface area contributed by atoms with E-state index in [4.69, 9.17) is 5.73 Å². The van der Waals surface area contributed by atoms with Crippen LogP contribution in [-0.2, 0) is 0 Å². The third kappa shape index (κ3) is 2.63. The molecule has 2 atom stereocenters.